The molecule has 6 nitrogen and oxygen atoms in total. The number of fused-ring (bicyclic) bond motifs is 1. The SMILES string of the molecule is CC(C)COc1cccc(CN(C(=O)[C@@H](C)c2n[nH]c(=O)c3ccccc23)C2CC2)c1. The molecule has 3 aromatic rings. The van der Waals surface area contributed by atoms with Crippen LogP contribution in [0.25, 0.3) is 10.8 Å². The summed E-state index contributed by atoms with van der Waals surface area (Å²) in [6, 6.07) is 15.5. The van der Waals surface area contributed by atoms with E-state index in [4.69, 9.17) is 4.74 Å². The summed E-state index contributed by atoms with van der Waals surface area (Å²) < 4.78 is 5.86. The van der Waals surface area contributed by atoms with Crippen molar-refractivity contribution in [3.63, 3.8) is 0 Å². The number of ether oxygens (including phenoxy) is 1. The minimum Gasteiger partial charge on any atom is -0.493 e. The third-order valence-electron chi connectivity index (χ3n) is 5.61. The molecule has 2 aromatic carbocycles. The number of H-pyrrole nitrogens is 1. The fourth-order valence-corrected chi connectivity index (χ4v) is 3.80. The molecule has 0 aliphatic heterocycles. The Balaban J connectivity index is 1.57. The highest BCUT2D eigenvalue weighted by molar-refractivity contribution is 5.91. The van der Waals surface area contributed by atoms with Crippen molar-refractivity contribution in [3.8, 4) is 5.75 Å². The molecule has 0 spiro atoms. The predicted octanol–water partition coefficient (Wildman–Crippen LogP) is 4.25. The predicted molar refractivity (Wildman–Crippen MR) is 121 cm³/mol. The number of carbonyl (C=O) groups excluding carboxylic acids is 1. The van der Waals surface area contributed by atoms with E-state index in [1.807, 2.05) is 54.3 Å². The van der Waals surface area contributed by atoms with Crippen molar-refractivity contribution < 1.29 is 9.53 Å². The van der Waals surface area contributed by atoms with Gasteiger partial charge in [0.25, 0.3) is 5.56 Å². The fraction of sp³-hybridized carbons (Fsp3) is 0.400. The molecule has 1 heterocycles. The molecular weight excluding hydrogens is 390 g/mol. The van der Waals surface area contributed by atoms with Crippen LogP contribution in [-0.4, -0.2) is 33.7 Å². The summed E-state index contributed by atoms with van der Waals surface area (Å²) in [7, 11) is 0. The number of aromatic nitrogens is 2. The number of hydrogen-bond donors (Lipinski definition) is 1. The van der Waals surface area contributed by atoms with Crippen LogP contribution in [-0.2, 0) is 11.3 Å². The van der Waals surface area contributed by atoms with E-state index in [1.54, 1.807) is 6.07 Å². The van der Waals surface area contributed by atoms with Crippen LogP contribution >= 0.6 is 0 Å². The van der Waals surface area contributed by atoms with Crippen molar-refractivity contribution in [2.24, 2.45) is 5.92 Å². The molecule has 1 saturated carbocycles. The number of nitrogens with one attached hydrogen (secondary N) is 1. The lowest BCUT2D eigenvalue weighted by molar-refractivity contribution is -0.133. The smallest absolute Gasteiger partial charge is 0.272 e. The molecule has 1 amide bonds. The second-order valence-electron chi connectivity index (χ2n) is 8.75. The number of nitrogens with zero attached hydrogens (tertiary/aromatic N) is 2. The van der Waals surface area contributed by atoms with Gasteiger partial charge in [-0.3, -0.25) is 9.59 Å². The normalized spacial score (nSPS) is 14.6. The Labute approximate surface area is 182 Å². The van der Waals surface area contributed by atoms with Crippen molar-refractivity contribution in [1.29, 1.82) is 0 Å². The van der Waals surface area contributed by atoms with E-state index in [0.29, 0.717) is 30.1 Å². The molecule has 1 aliphatic carbocycles. The monoisotopic (exact) mass is 419 g/mol. The first-order valence-corrected chi connectivity index (χ1v) is 10.9. The average Bonchev–Trinajstić information content (AvgIpc) is 3.61. The maximum atomic E-state index is 13.5. The molecule has 31 heavy (non-hydrogen) atoms. The lowest BCUT2D eigenvalue weighted by atomic mass is 9.99. The second-order valence-corrected chi connectivity index (χ2v) is 8.75. The van der Waals surface area contributed by atoms with Crippen LogP contribution in [0.15, 0.2) is 53.3 Å². The zero-order valence-corrected chi connectivity index (χ0v) is 18.3. The Bertz CT molecular complexity index is 1130. The van der Waals surface area contributed by atoms with E-state index in [-0.39, 0.29) is 17.5 Å². The number of benzene rings is 2. The molecule has 0 unspecified atom stereocenters. The van der Waals surface area contributed by atoms with E-state index < -0.39 is 5.92 Å². The van der Waals surface area contributed by atoms with Crippen LogP contribution in [0.3, 0.4) is 0 Å². The van der Waals surface area contributed by atoms with Gasteiger partial charge in [-0.2, -0.15) is 5.10 Å². The van der Waals surface area contributed by atoms with E-state index in [9.17, 15) is 9.59 Å². The Hall–Kier alpha value is -3.15. The summed E-state index contributed by atoms with van der Waals surface area (Å²) in [6.45, 7) is 7.30. The number of amides is 1. The molecule has 162 valence electrons. The molecule has 0 bridgehead atoms. The number of rotatable bonds is 8. The van der Waals surface area contributed by atoms with Gasteiger partial charge >= 0.3 is 0 Å². The van der Waals surface area contributed by atoms with E-state index in [1.165, 1.54) is 0 Å². The fourth-order valence-electron chi connectivity index (χ4n) is 3.80. The Morgan fingerprint density at radius 1 is 1.13 bits per heavy atom. The van der Waals surface area contributed by atoms with E-state index >= 15 is 0 Å². The summed E-state index contributed by atoms with van der Waals surface area (Å²) in [5.74, 6) is 0.854. The number of aromatic amines is 1. The first-order valence-electron chi connectivity index (χ1n) is 10.9. The maximum absolute atomic E-state index is 13.5. The van der Waals surface area contributed by atoms with E-state index in [0.717, 1.165) is 29.5 Å². The average molecular weight is 420 g/mol. The van der Waals surface area contributed by atoms with Gasteiger partial charge in [0.2, 0.25) is 5.91 Å². The van der Waals surface area contributed by atoms with Crippen molar-refractivity contribution in [3.05, 3.63) is 70.1 Å². The van der Waals surface area contributed by atoms with Crippen LogP contribution < -0.4 is 10.3 Å². The Morgan fingerprint density at radius 2 is 1.87 bits per heavy atom. The van der Waals surface area contributed by atoms with Gasteiger partial charge in [0, 0.05) is 18.0 Å². The minimum absolute atomic E-state index is 0.0284. The van der Waals surface area contributed by atoms with Crippen LogP contribution in [0.5, 0.6) is 5.75 Å². The van der Waals surface area contributed by atoms with Crippen molar-refractivity contribution in [2.75, 3.05) is 6.61 Å². The van der Waals surface area contributed by atoms with Crippen LogP contribution in [0.4, 0.5) is 0 Å². The third-order valence-corrected chi connectivity index (χ3v) is 5.61. The van der Waals surface area contributed by atoms with Gasteiger partial charge in [0.1, 0.15) is 5.75 Å². The molecule has 1 aromatic heterocycles. The summed E-state index contributed by atoms with van der Waals surface area (Å²) in [4.78, 5) is 27.6. The molecule has 4 rings (SSSR count). The Kier molecular flexibility index (Phi) is 6.07. The van der Waals surface area contributed by atoms with Crippen molar-refractivity contribution in [1.82, 2.24) is 15.1 Å². The largest absolute Gasteiger partial charge is 0.493 e. The highest BCUT2D eigenvalue weighted by Crippen LogP contribution is 2.33. The molecule has 1 atom stereocenters. The number of carbonyl (C=O) groups is 1. The molecular formula is C25H29N3O3. The van der Waals surface area contributed by atoms with Gasteiger partial charge in [-0.15, -0.1) is 0 Å². The molecule has 0 saturated heterocycles. The zero-order valence-electron chi connectivity index (χ0n) is 18.3. The van der Waals surface area contributed by atoms with Gasteiger partial charge in [0.05, 0.1) is 23.6 Å². The Morgan fingerprint density at radius 3 is 2.58 bits per heavy atom. The number of hydrogen-bond acceptors (Lipinski definition) is 4. The first kappa shape index (κ1) is 21.1. The lowest BCUT2D eigenvalue weighted by Crippen LogP contribution is -2.36. The topological polar surface area (TPSA) is 75.3 Å². The van der Waals surface area contributed by atoms with E-state index in [2.05, 4.69) is 24.0 Å². The molecule has 1 aliphatic rings. The van der Waals surface area contributed by atoms with Gasteiger partial charge in [0.15, 0.2) is 0 Å². The third kappa shape index (κ3) is 4.79. The van der Waals surface area contributed by atoms with Gasteiger partial charge in [-0.25, -0.2) is 5.10 Å². The van der Waals surface area contributed by atoms with Gasteiger partial charge in [-0.05, 0) is 49.4 Å². The van der Waals surface area contributed by atoms with Crippen molar-refractivity contribution in [2.45, 2.75) is 52.1 Å². The van der Waals surface area contributed by atoms with Gasteiger partial charge in [-0.1, -0.05) is 44.2 Å². The summed E-state index contributed by atoms with van der Waals surface area (Å²) in [6.07, 6.45) is 2.03. The van der Waals surface area contributed by atoms with Crippen LogP contribution in [0.2, 0.25) is 0 Å². The standard InChI is InChI=1S/C25H29N3O3/c1-16(2)15-31-20-8-6-7-18(13-20)14-28(19-11-12-19)25(30)17(3)23-21-9-4-5-10-22(21)24(29)27-26-23/h4-10,13,16-17,19H,11-12,14-15H2,1-3H3,(H,27,29)/t17-/m0/s1. The molecule has 1 N–H and O–H groups in total. The highest BCUT2D eigenvalue weighted by Gasteiger charge is 2.36. The summed E-state index contributed by atoms with van der Waals surface area (Å²) in [5.41, 5.74) is 1.42. The maximum Gasteiger partial charge on any atom is 0.272 e. The van der Waals surface area contributed by atoms with Crippen LogP contribution in [0.1, 0.15) is 50.8 Å². The van der Waals surface area contributed by atoms with Gasteiger partial charge < -0.3 is 9.64 Å². The molecule has 0 radical (unpaired) electrons. The van der Waals surface area contributed by atoms with Crippen LogP contribution in [0, 0.1) is 5.92 Å². The lowest BCUT2D eigenvalue weighted by Gasteiger charge is -2.26. The molecule has 1 fully saturated rings. The molecule has 6 heteroatoms. The summed E-state index contributed by atoms with van der Waals surface area (Å²) >= 11 is 0. The summed E-state index contributed by atoms with van der Waals surface area (Å²) in [5, 5.41) is 8.08. The second kappa shape index (κ2) is 8.92. The zero-order chi connectivity index (χ0) is 22.0. The minimum atomic E-state index is -0.456. The quantitative estimate of drug-likeness (QED) is 0.592. The highest BCUT2D eigenvalue weighted by atomic mass is 16.5. The first-order chi connectivity index (χ1) is 14.9. The van der Waals surface area contributed by atoms with Crippen molar-refractivity contribution >= 4 is 16.7 Å².